The Kier molecular flexibility index (Phi) is 24.0. The van der Waals surface area contributed by atoms with E-state index in [-0.39, 0.29) is 12.1 Å². The topological polar surface area (TPSA) is 436 Å². The predicted molar refractivity (Wildman–Crippen MR) is 505 cm³/mol. The summed E-state index contributed by atoms with van der Waals surface area (Å²) in [6.07, 6.45) is 54.5. The zero-order valence-corrected chi connectivity index (χ0v) is 75.3. The molecule has 0 bridgehead atoms. The van der Waals surface area contributed by atoms with Crippen molar-refractivity contribution >= 4 is 107 Å². The number of nitrogens with two attached hydrogens (primary N) is 1. The quantitative estimate of drug-likeness (QED) is 0.0363. The lowest BCUT2D eigenvalue weighted by molar-refractivity contribution is 0.214. The van der Waals surface area contributed by atoms with Gasteiger partial charge in [-0.15, -0.1) is 0 Å². The van der Waals surface area contributed by atoms with E-state index in [1.807, 2.05) is 210 Å². The first-order valence-electron chi connectivity index (χ1n) is 43.4. The highest BCUT2D eigenvalue weighted by Gasteiger charge is 2.27. The Labute approximate surface area is 763 Å². The molecule has 3 fully saturated rings. The average Bonchev–Trinajstić information content (AvgIpc) is 1.90. The number of pyridine rings is 1. The standard InChI is InChI=1S/C19H20N8O.C19H22N8S.C19H19N7.C18H20N8S.C15H15N7O/c1-26-12-13(9-24-26)16-11-23-19-18(22-6-7-27(16)19)25-14-2-5-21-17(8-14)28-15-3-4-20-10-15;1-12-6-17(28-25-12)24-18-19-21-9-16(14-8-22-26(2)10-14)27(19)11-15(23-18)13-4-3-5-20-7-13;1-25-11-14(9-23-25)17-10-22-19-18(21-4-5-26(17)19)24-16-3-2-12-6-15(20)7-13(12)8-16;1-25-11-13(9-22-25)15-10-21-18-17(20-5-6-26(15)18)23-16-7-14(24-27-16)12-3-2-4-19-8-12;1-9-13(10(2)23-20-9)19-14-15-17-7-12(22(15)5-4-16-14)11-6-18-21(3)8-11/h2,5-9,11-12,15,20H,3-4,10H2,1H3,(H,21,22,25);6,8-11,13,20H,3-5,7H2,1-2H3,(H,23,24);2-5,8-11,15H,6-7,20H2,1H3,(H,21,24);5-7,9-12,19H,2-4,8H2,1H3,(H,20,23);4-8H,1-3H3,(H,16,19)/t15-;;;;/m0..../s1. The number of rotatable bonds is 19. The molecule has 4 aliphatic rings. The van der Waals surface area contributed by atoms with E-state index in [1.165, 1.54) is 53.5 Å². The van der Waals surface area contributed by atoms with Crippen LogP contribution in [0.3, 0.4) is 0 Å². The van der Waals surface area contributed by atoms with Crippen LogP contribution in [0, 0.1) is 20.8 Å². The highest BCUT2D eigenvalue weighted by atomic mass is 32.1. The van der Waals surface area contributed by atoms with Crippen molar-refractivity contribution in [3.63, 3.8) is 0 Å². The van der Waals surface area contributed by atoms with Crippen LogP contribution in [-0.4, -0.2) is 191 Å². The molecule has 0 saturated carbocycles. The summed E-state index contributed by atoms with van der Waals surface area (Å²) in [7, 11) is 9.52. The fourth-order valence-corrected chi connectivity index (χ4v) is 18.2. The number of ether oxygens (including phenoxy) is 1. The van der Waals surface area contributed by atoms with Gasteiger partial charge in [-0.2, -0.15) is 34.2 Å². The van der Waals surface area contributed by atoms with Crippen molar-refractivity contribution in [2.75, 3.05) is 65.9 Å². The highest BCUT2D eigenvalue weighted by Crippen LogP contribution is 2.37. The number of imidazole rings is 5. The largest absolute Gasteiger partial charge is 0.473 e. The fraction of sp³-hybridized carbons (Fsp3) is 0.278. The monoisotopic (exact) mass is 1800 g/mol. The van der Waals surface area contributed by atoms with Crippen LogP contribution in [0.1, 0.15) is 83.6 Å². The number of aryl methyl sites for hydroxylation is 8. The van der Waals surface area contributed by atoms with Crippen molar-refractivity contribution in [2.45, 2.75) is 89.7 Å². The van der Waals surface area contributed by atoms with E-state index in [0.29, 0.717) is 35.1 Å². The molecule has 42 heteroatoms. The van der Waals surface area contributed by atoms with Gasteiger partial charge in [0.2, 0.25) is 5.88 Å². The maximum Gasteiger partial charge on any atom is 0.215 e. The van der Waals surface area contributed by atoms with Gasteiger partial charge in [0, 0.05) is 211 Å². The Hall–Kier alpha value is -15.4. The van der Waals surface area contributed by atoms with E-state index in [9.17, 15) is 0 Å². The van der Waals surface area contributed by atoms with Crippen LogP contribution in [0.25, 0.3) is 84.5 Å². The molecule has 1 aromatic carbocycles. The molecule has 3 unspecified atom stereocenters. The Morgan fingerprint density at radius 3 is 1.32 bits per heavy atom. The van der Waals surface area contributed by atoms with Gasteiger partial charge < -0.3 is 57.5 Å². The van der Waals surface area contributed by atoms with Gasteiger partial charge in [-0.1, -0.05) is 11.2 Å². The number of nitrogens with one attached hydrogen (secondary N) is 8. The van der Waals surface area contributed by atoms with Crippen LogP contribution < -0.4 is 53.0 Å². The molecule has 40 nitrogen and oxygen atoms in total. The number of piperidine rings is 2. The zero-order chi connectivity index (χ0) is 89.9. The molecule has 0 spiro atoms. The molecule has 132 heavy (non-hydrogen) atoms. The Bertz CT molecular complexity index is 7410. The van der Waals surface area contributed by atoms with Crippen molar-refractivity contribution in [1.82, 2.24) is 156 Å². The summed E-state index contributed by atoms with van der Waals surface area (Å²) in [6.45, 7) is 11.7. The summed E-state index contributed by atoms with van der Waals surface area (Å²) in [5.74, 6) is 5.74. The number of aromatic nitrogens is 29. The fourth-order valence-electron chi connectivity index (χ4n) is 16.8. The molecule has 1 aliphatic carbocycles. The Morgan fingerprint density at radius 1 is 0.417 bits per heavy atom. The van der Waals surface area contributed by atoms with E-state index in [2.05, 4.69) is 167 Å². The molecule has 4 atom stereocenters. The highest BCUT2D eigenvalue weighted by molar-refractivity contribution is 7.10. The first-order valence-corrected chi connectivity index (χ1v) is 45.0. The molecule has 0 radical (unpaired) electrons. The van der Waals surface area contributed by atoms with Crippen molar-refractivity contribution < 1.29 is 9.26 Å². The predicted octanol–water partition coefficient (Wildman–Crippen LogP) is 12.7. The van der Waals surface area contributed by atoms with Crippen LogP contribution in [0.5, 0.6) is 5.88 Å². The number of hydrogen-bond acceptors (Lipinski definition) is 32. The second-order valence-corrected chi connectivity index (χ2v) is 34.6. The van der Waals surface area contributed by atoms with Crippen molar-refractivity contribution in [3.05, 3.63) is 237 Å². The zero-order valence-electron chi connectivity index (χ0n) is 73.7. The second-order valence-electron chi connectivity index (χ2n) is 32.9. The second kappa shape index (κ2) is 37.4. The minimum absolute atomic E-state index is 0.165. The molecule has 20 aromatic rings. The normalized spacial score (nSPS) is 15.9. The molecular formula is C90H96N38O2S2. The average molecular weight is 1810 g/mol. The lowest BCUT2D eigenvalue weighted by atomic mass is 9.96. The number of nitrogens with zero attached hydrogens (tertiary/aromatic N) is 29. The van der Waals surface area contributed by atoms with Gasteiger partial charge in [0.1, 0.15) is 27.5 Å². The van der Waals surface area contributed by atoms with Gasteiger partial charge in [-0.3, -0.25) is 45.4 Å². The van der Waals surface area contributed by atoms with E-state index in [0.717, 1.165) is 217 Å². The maximum atomic E-state index is 6.07. The SMILES string of the molecule is Cc1cc(Nc2nc(C3CCCNC3)cn3c(-c4cnn(C)c4)cnc23)sn1.Cc1noc(C)c1Nc1nccn2c(-c3cnn(C)c3)cnc12.Cn1cc(-c2cnc3c(Nc4cc(C5CCCNC5)ns4)nccn23)cn1.Cn1cc(-c2cnc3c(Nc4ccc5c(c4)CC(N)C5)nccn23)cn1.Cn1cc(-c2cnc3c(Nc4ccnc(O[C@H]5CCNC5)c4)nccn23)cn1. The number of hydrogen-bond donors (Lipinski definition) is 9. The third kappa shape index (κ3) is 18.4. The summed E-state index contributed by atoms with van der Waals surface area (Å²) in [6, 6.07) is 14.6. The molecular weight excluding hydrogens is 1710 g/mol. The van der Waals surface area contributed by atoms with E-state index in [4.69, 9.17) is 20.0 Å². The number of anilines is 10. The molecule has 3 aliphatic heterocycles. The van der Waals surface area contributed by atoms with Crippen LogP contribution in [0.4, 0.5) is 56.2 Å². The number of benzene rings is 1. The molecule has 0 amide bonds. The summed E-state index contributed by atoms with van der Waals surface area (Å²) >= 11 is 2.91. The van der Waals surface area contributed by atoms with E-state index in [1.54, 1.807) is 54.4 Å². The van der Waals surface area contributed by atoms with Crippen LogP contribution in [0.2, 0.25) is 0 Å². The van der Waals surface area contributed by atoms with Crippen molar-refractivity contribution in [2.24, 2.45) is 41.0 Å². The first kappa shape index (κ1) is 84.8. The van der Waals surface area contributed by atoms with Gasteiger partial charge in [0.15, 0.2) is 63.1 Å². The molecule has 22 heterocycles. The number of fused-ring (bicyclic) bond motifs is 6. The van der Waals surface area contributed by atoms with Gasteiger partial charge in [0.25, 0.3) is 0 Å². The third-order valence-corrected chi connectivity index (χ3v) is 24.8. The molecule has 670 valence electrons. The van der Waals surface area contributed by atoms with Gasteiger partial charge >= 0.3 is 0 Å². The van der Waals surface area contributed by atoms with Gasteiger partial charge in [0.05, 0.1) is 108 Å². The summed E-state index contributed by atoms with van der Waals surface area (Å²) in [4.78, 5) is 49.9. The smallest absolute Gasteiger partial charge is 0.215 e. The van der Waals surface area contributed by atoms with Crippen molar-refractivity contribution in [1.29, 1.82) is 0 Å². The van der Waals surface area contributed by atoms with Crippen LogP contribution in [0.15, 0.2) is 202 Å². The van der Waals surface area contributed by atoms with Gasteiger partial charge in [-0.05, 0) is 150 Å². The summed E-state index contributed by atoms with van der Waals surface area (Å²) in [5, 5.41) is 54.2. The Morgan fingerprint density at radius 2 is 0.864 bits per heavy atom. The van der Waals surface area contributed by atoms with Crippen LogP contribution >= 0.6 is 23.1 Å². The van der Waals surface area contributed by atoms with Gasteiger partial charge in [-0.25, -0.2) is 54.8 Å². The van der Waals surface area contributed by atoms with Crippen molar-refractivity contribution in [3.8, 4) is 62.2 Å². The first-order chi connectivity index (χ1) is 64.5. The molecule has 24 rings (SSSR count). The summed E-state index contributed by atoms with van der Waals surface area (Å²) < 4.78 is 39.2. The minimum atomic E-state index is 0.165. The van der Waals surface area contributed by atoms with E-state index < -0.39 is 0 Å². The maximum absolute atomic E-state index is 6.07. The lowest BCUT2D eigenvalue weighted by Crippen LogP contribution is -2.29. The third-order valence-electron chi connectivity index (χ3n) is 23.3. The molecule has 3 saturated heterocycles. The lowest BCUT2D eigenvalue weighted by Gasteiger charge is -2.23. The molecule has 19 aromatic heterocycles. The molecule has 10 N–H and O–H groups in total. The van der Waals surface area contributed by atoms with Crippen LogP contribution in [-0.2, 0) is 48.1 Å². The summed E-state index contributed by atoms with van der Waals surface area (Å²) in [5.41, 5.74) is 29.2. The Balaban J connectivity index is 0.000000103. The van der Waals surface area contributed by atoms with E-state index >= 15 is 0 Å². The minimum Gasteiger partial charge on any atom is -0.473 e.